The monoisotopic (exact) mass is 269 g/mol. The molecule has 1 aliphatic rings. The maximum absolute atomic E-state index is 5.80. The van der Waals surface area contributed by atoms with Crippen molar-refractivity contribution in [3.05, 3.63) is 42.1 Å². The van der Waals surface area contributed by atoms with E-state index < -0.39 is 0 Å². The lowest BCUT2D eigenvalue weighted by atomic mass is 10.2. The van der Waals surface area contributed by atoms with Crippen molar-refractivity contribution < 1.29 is 0 Å². The zero-order valence-corrected chi connectivity index (χ0v) is 11.7. The van der Waals surface area contributed by atoms with Gasteiger partial charge in [-0.05, 0) is 19.1 Å². The third-order valence-corrected chi connectivity index (χ3v) is 3.55. The van der Waals surface area contributed by atoms with Crippen LogP contribution in [0.4, 0.5) is 17.5 Å². The highest BCUT2D eigenvalue weighted by Gasteiger charge is 2.19. The van der Waals surface area contributed by atoms with Gasteiger partial charge in [0.05, 0.1) is 0 Å². The van der Waals surface area contributed by atoms with Gasteiger partial charge in [0.15, 0.2) is 0 Å². The van der Waals surface area contributed by atoms with Crippen molar-refractivity contribution in [1.82, 2.24) is 9.97 Å². The van der Waals surface area contributed by atoms with Gasteiger partial charge >= 0.3 is 0 Å². The molecule has 0 bridgehead atoms. The summed E-state index contributed by atoms with van der Waals surface area (Å²) in [5, 5.41) is 0. The normalized spacial score (nSPS) is 15.4. The summed E-state index contributed by atoms with van der Waals surface area (Å²) in [4.78, 5) is 13.4. The van der Waals surface area contributed by atoms with E-state index in [0.717, 1.165) is 37.8 Å². The molecule has 1 saturated heterocycles. The molecule has 5 heteroatoms. The summed E-state index contributed by atoms with van der Waals surface area (Å²) in [6.45, 7) is 5.72. The number of nitrogen functional groups attached to an aromatic ring is 1. The molecule has 1 aliphatic heterocycles. The number of piperazine rings is 1. The highest BCUT2D eigenvalue weighted by molar-refractivity contribution is 5.49. The number of nitrogens with two attached hydrogens (primary N) is 1. The van der Waals surface area contributed by atoms with Gasteiger partial charge in [-0.1, -0.05) is 18.2 Å². The second-order valence-electron chi connectivity index (χ2n) is 5.04. The van der Waals surface area contributed by atoms with E-state index in [-0.39, 0.29) is 0 Å². The van der Waals surface area contributed by atoms with Gasteiger partial charge in [-0.15, -0.1) is 0 Å². The van der Waals surface area contributed by atoms with E-state index in [0.29, 0.717) is 5.82 Å². The molecule has 104 valence electrons. The van der Waals surface area contributed by atoms with Gasteiger partial charge < -0.3 is 15.5 Å². The Labute approximate surface area is 119 Å². The quantitative estimate of drug-likeness (QED) is 0.899. The van der Waals surface area contributed by atoms with E-state index in [9.17, 15) is 0 Å². The SMILES string of the molecule is Cc1cc(N)nc(N2CCN(c3ccccc3)CC2)n1. The van der Waals surface area contributed by atoms with Gasteiger partial charge in [-0.2, -0.15) is 4.98 Å². The summed E-state index contributed by atoms with van der Waals surface area (Å²) in [5.74, 6) is 1.29. The molecule has 0 unspecified atom stereocenters. The minimum atomic E-state index is 0.540. The fourth-order valence-corrected chi connectivity index (χ4v) is 2.52. The van der Waals surface area contributed by atoms with Crippen LogP contribution in [0, 0.1) is 6.92 Å². The minimum absolute atomic E-state index is 0.540. The van der Waals surface area contributed by atoms with Crippen LogP contribution in [0.15, 0.2) is 36.4 Å². The van der Waals surface area contributed by atoms with Crippen LogP contribution < -0.4 is 15.5 Å². The van der Waals surface area contributed by atoms with Gasteiger partial charge in [0.2, 0.25) is 5.95 Å². The number of nitrogens with zero attached hydrogens (tertiary/aromatic N) is 4. The molecule has 20 heavy (non-hydrogen) atoms. The van der Waals surface area contributed by atoms with Gasteiger partial charge in [-0.25, -0.2) is 4.98 Å². The molecule has 0 saturated carbocycles. The van der Waals surface area contributed by atoms with Crippen molar-refractivity contribution in [2.75, 3.05) is 41.7 Å². The van der Waals surface area contributed by atoms with Crippen LogP contribution in [0.2, 0.25) is 0 Å². The van der Waals surface area contributed by atoms with Gasteiger partial charge in [-0.3, -0.25) is 0 Å². The molecular weight excluding hydrogens is 250 g/mol. The van der Waals surface area contributed by atoms with Crippen LogP contribution in [-0.4, -0.2) is 36.1 Å². The van der Waals surface area contributed by atoms with Crippen LogP contribution in [0.5, 0.6) is 0 Å². The fraction of sp³-hybridized carbons (Fsp3) is 0.333. The van der Waals surface area contributed by atoms with E-state index in [1.54, 1.807) is 6.07 Å². The summed E-state index contributed by atoms with van der Waals surface area (Å²) < 4.78 is 0. The predicted octanol–water partition coefficient (Wildman–Crippen LogP) is 1.69. The lowest BCUT2D eigenvalue weighted by Gasteiger charge is -2.36. The number of benzene rings is 1. The number of hydrogen-bond acceptors (Lipinski definition) is 5. The summed E-state index contributed by atoms with van der Waals surface area (Å²) in [6.07, 6.45) is 0. The van der Waals surface area contributed by atoms with Crippen LogP contribution >= 0.6 is 0 Å². The molecule has 5 nitrogen and oxygen atoms in total. The first-order valence-corrected chi connectivity index (χ1v) is 6.88. The van der Waals surface area contributed by atoms with E-state index in [1.165, 1.54) is 5.69 Å². The fourth-order valence-electron chi connectivity index (χ4n) is 2.52. The Morgan fingerprint density at radius 2 is 1.60 bits per heavy atom. The first-order chi connectivity index (χ1) is 9.72. The Balaban J connectivity index is 1.69. The van der Waals surface area contributed by atoms with Crippen molar-refractivity contribution >= 4 is 17.5 Å². The largest absolute Gasteiger partial charge is 0.384 e. The van der Waals surface area contributed by atoms with Gasteiger partial charge in [0.25, 0.3) is 0 Å². The predicted molar refractivity (Wildman–Crippen MR) is 82.0 cm³/mol. The highest BCUT2D eigenvalue weighted by Crippen LogP contribution is 2.18. The van der Waals surface area contributed by atoms with Crippen LogP contribution in [0.25, 0.3) is 0 Å². The third kappa shape index (κ3) is 2.66. The minimum Gasteiger partial charge on any atom is -0.384 e. The van der Waals surface area contributed by atoms with Crippen molar-refractivity contribution in [3.63, 3.8) is 0 Å². The van der Waals surface area contributed by atoms with Gasteiger partial charge in [0.1, 0.15) is 5.82 Å². The molecule has 1 aromatic heterocycles. The van der Waals surface area contributed by atoms with E-state index >= 15 is 0 Å². The van der Waals surface area contributed by atoms with Crippen molar-refractivity contribution in [3.8, 4) is 0 Å². The van der Waals surface area contributed by atoms with Gasteiger partial charge in [0, 0.05) is 43.6 Å². The number of rotatable bonds is 2. The maximum Gasteiger partial charge on any atom is 0.227 e. The van der Waals surface area contributed by atoms with Crippen LogP contribution in [0.3, 0.4) is 0 Å². The van der Waals surface area contributed by atoms with Crippen LogP contribution in [-0.2, 0) is 0 Å². The first-order valence-electron chi connectivity index (χ1n) is 6.88. The third-order valence-electron chi connectivity index (χ3n) is 3.55. The number of para-hydroxylation sites is 1. The molecule has 3 rings (SSSR count). The lowest BCUT2D eigenvalue weighted by molar-refractivity contribution is 0.639. The van der Waals surface area contributed by atoms with E-state index in [4.69, 9.17) is 5.73 Å². The second-order valence-corrected chi connectivity index (χ2v) is 5.04. The molecule has 0 spiro atoms. The summed E-state index contributed by atoms with van der Waals surface area (Å²) in [5.41, 5.74) is 7.99. The standard InChI is InChI=1S/C15H19N5/c1-12-11-14(16)18-15(17-12)20-9-7-19(8-10-20)13-5-3-2-4-6-13/h2-6,11H,7-10H2,1H3,(H2,16,17,18). The molecule has 2 aromatic rings. The smallest absolute Gasteiger partial charge is 0.227 e. The zero-order valence-electron chi connectivity index (χ0n) is 11.7. The summed E-state index contributed by atoms with van der Waals surface area (Å²) in [6, 6.07) is 12.3. The Kier molecular flexibility index (Phi) is 3.41. The molecule has 2 N–H and O–H groups in total. The van der Waals surface area contributed by atoms with E-state index in [2.05, 4.69) is 44.0 Å². The molecule has 1 aromatic carbocycles. The number of aromatic nitrogens is 2. The average Bonchev–Trinajstić information content (AvgIpc) is 2.47. The first kappa shape index (κ1) is 12.7. The topological polar surface area (TPSA) is 58.3 Å². The number of hydrogen-bond donors (Lipinski definition) is 1. The lowest BCUT2D eigenvalue weighted by Crippen LogP contribution is -2.47. The molecular formula is C15H19N5. The highest BCUT2D eigenvalue weighted by atomic mass is 15.3. The zero-order chi connectivity index (χ0) is 13.9. The molecule has 1 fully saturated rings. The maximum atomic E-state index is 5.80. The Morgan fingerprint density at radius 3 is 2.25 bits per heavy atom. The molecule has 0 radical (unpaired) electrons. The van der Waals surface area contributed by atoms with Crippen molar-refractivity contribution in [2.45, 2.75) is 6.92 Å². The Hall–Kier alpha value is -2.30. The Bertz CT molecular complexity index is 556. The molecule has 0 aliphatic carbocycles. The summed E-state index contributed by atoms with van der Waals surface area (Å²) in [7, 11) is 0. The summed E-state index contributed by atoms with van der Waals surface area (Å²) >= 11 is 0. The average molecular weight is 269 g/mol. The van der Waals surface area contributed by atoms with Crippen molar-refractivity contribution in [1.29, 1.82) is 0 Å². The molecule has 0 atom stereocenters. The molecule has 2 heterocycles. The number of anilines is 3. The second kappa shape index (κ2) is 5.36. The molecule has 0 amide bonds. The van der Waals surface area contributed by atoms with Crippen molar-refractivity contribution in [2.24, 2.45) is 0 Å². The van der Waals surface area contributed by atoms with E-state index in [1.807, 2.05) is 13.0 Å². The Morgan fingerprint density at radius 1 is 0.950 bits per heavy atom. The number of aryl methyl sites for hydroxylation is 1. The van der Waals surface area contributed by atoms with Crippen LogP contribution in [0.1, 0.15) is 5.69 Å².